The average Bonchev–Trinajstić information content (AvgIpc) is 2.56. The van der Waals surface area contributed by atoms with E-state index >= 15 is 0 Å². The number of benzene rings is 1. The lowest BCUT2D eigenvalue weighted by Gasteiger charge is -2.07. The number of aryl methyl sites for hydroxylation is 1. The SMILES string of the molecule is CCC(N)Cc1nc2ccc(Cl)cc2n1C. The number of rotatable bonds is 3. The van der Waals surface area contributed by atoms with E-state index in [4.69, 9.17) is 17.3 Å². The van der Waals surface area contributed by atoms with Gasteiger partial charge < -0.3 is 10.3 Å². The van der Waals surface area contributed by atoms with Crippen molar-refractivity contribution in [2.45, 2.75) is 25.8 Å². The van der Waals surface area contributed by atoms with Crippen molar-refractivity contribution in [1.82, 2.24) is 9.55 Å². The molecule has 0 aliphatic carbocycles. The van der Waals surface area contributed by atoms with Crippen molar-refractivity contribution in [3.63, 3.8) is 0 Å². The summed E-state index contributed by atoms with van der Waals surface area (Å²) < 4.78 is 2.07. The van der Waals surface area contributed by atoms with Crippen molar-refractivity contribution in [3.05, 3.63) is 29.0 Å². The normalized spacial score (nSPS) is 13.2. The fourth-order valence-corrected chi connectivity index (χ4v) is 1.94. The molecule has 2 rings (SSSR count). The molecule has 1 atom stereocenters. The van der Waals surface area contributed by atoms with Crippen molar-refractivity contribution in [2.75, 3.05) is 0 Å². The van der Waals surface area contributed by atoms with Gasteiger partial charge in [0.05, 0.1) is 11.0 Å². The van der Waals surface area contributed by atoms with Gasteiger partial charge >= 0.3 is 0 Å². The van der Waals surface area contributed by atoms with Gasteiger partial charge in [0, 0.05) is 24.5 Å². The molecule has 1 aromatic carbocycles. The van der Waals surface area contributed by atoms with E-state index in [1.807, 2.05) is 25.2 Å². The van der Waals surface area contributed by atoms with Crippen LogP contribution in [0.25, 0.3) is 11.0 Å². The number of hydrogen-bond donors (Lipinski definition) is 1. The predicted molar refractivity (Wildman–Crippen MR) is 67.7 cm³/mol. The van der Waals surface area contributed by atoms with Crippen molar-refractivity contribution < 1.29 is 0 Å². The van der Waals surface area contributed by atoms with Gasteiger partial charge in [-0.15, -0.1) is 0 Å². The maximum absolute atomic E-state index is 5.97. The minimum atomic E-state index is 0.172. The Morgan fingerprint density at radius 2 is 2.25 bits per heavy atom. The molecular weight excluding hydrogens is 222 g/mol. The van der Waals surface area contributed by atoms with Crippen molar-refractivity contribution in [2.24, 2.45) is 12.8 Å². The molecule has 0 aliphatic rings. The van der Waals surface area contributed by atoms with Gasteiger partial charge in [0.15, 0.2) is 0 Å². The number of imidazole rings is 1. The maximum Gasteiger partial charge on any atom is 0.111 e. The lowest BCUT2D eigenvalue weighted by molar-refractivity contribution is 0.612. The van der Waals surface area contributed by atoms with Crippen molar-refractivity contribution >= 4 is 22.6 Å². The summed E-state index contributed by atoms with van der Waals surface area (Å²) in [4.78, 5) is 4.57. The number of nitrogens with two attached hydrogens (primary N) is 1. The van der Waals surface area contributed by atoms with Crippen LogP contribution in [-0.2, 0) is 13.5 Å². The Bertz CT molecular complexity index is 504. The van der Waals surface area contributed by atoms with Crippen LogP contribution in [0.3, 0.4) is 0 Å². The molecule has 3 nitrogen and oxygen atoms in total. The van der Waals surface area contributed by atoms with E-state index in [0.29, 0.717) is 0 Å². The van der Waals surface area contributed by atoms with E-state index in [1.165, 1.54) is 0 Å². The zero-order valence-electron chi connectivity index (χ0n) is 9.57. The third-order valence-corrected chi connectivity index (χ3v) is 3.14. The molecule has 16 heavy (non-hydrogen) atoms. The average molecular weight is 238 g/mol. The zero-order valence-corrected chi connectivity index (χ0v) is 10.3. The largest absolute Gasteiger partial charge is 0.331 e. The molecule has 0 saturated carbocycles. The number of nitrogens with zero attached hydrogens (tertiary/aromatic N) is 2. The topological polar surface area (TPSA) is 43.8 Å². The Balaban J connectivity index is 2.44. The second kappa shape index (κ2) is 4.44. The molecule has 1 aromatic heterocycles. The van der Waals surface area contributed by atoms with Crippen molar-refractivity contribution in [1.29, 1.82) is 0 Å². The summed E-state index contributed by atoms with van der Waals surface area (Å²) in [7, 11) is 2.00. The van der Waals surface area contributed by atoms with Crippen LogP contribution >= 0.6 is 11.6 Å². The standard InChI is InChI=1S/C12H16ClN3/c1-3-9(14)7-12-15-10-5-4-8(13)6-11(10)16(12)2/h4-6,9H,3,7,14H2,1-2H3. The predicted octanol–water partition coefficient (Wildman–Crippen LogP) is 2.51. The molecule has 0 spiro atoms. The lowest BCUT2D eigenvalue weighted by Crippen LogP contribution is -2.23. The van der Waals surface area contributed by atoms with Gasteiger partial charge in [-0.05, 0) is 24.6 Å². The first-order valence-electron chi connectivity index (χ1n) is 5.48. The summed E-state index contributed by atoms with van der Waals surface area (Å²) in [5, 5.41) is 0.738. The molecule has 0 fully saturated rings. The first-order valence-corrected chi connectivity index (χ1v) is 5.86. The Morgan fingerprint density at radius 3 is 2.94 bits per heavy atom. The Morgan fingerprint density at radius 1 is 1.50 bits per heavy atom. The van der Waals surface area contributed by atoms with Gasteiger partial charge in [0.25, 0.3) is 0 Å². The quantitative estimate of drug-likeness (QED) is 0.892. The molecular formula is C12H16ClN3. The Hall–Kier alpha value is -1.06. The Labute approximate surface area is 100 Å². The second-order valence-corrected chi connectivity index (χ2v) is 4.53. The smallest absolute Gasteiger partial charge is 0.111 e. The molecule has 0 amide bonds. The zero-order chi connectivity index (χ0) is 11.7. The van der Waals surface area contributed by atoms with Gasteiger partial charge in [-0.2, -0.15) is 0 Å². The van der Waals surface area contributed by atoms with Crippen LogP contribution in [0.2, 0.25) is 5.02 Å². The van der Waals surface area contributed by atoms with E-state index in [9.17, 15) is 0 Å². The summed E-state index contributed by atoms with van der Waals surface area (Å²) in [6, 6.07) is 5.91. The number of hydrogen-bond acceptors (Lipinski definition) is 2. The molecule has 1 heterocycles. The van der Waals surface area contributed by atoms with Crippen LogP contribution in [0, 0.1) is 0 Å². The highest BCUT2D eigenvalue weighted by atomic mass is 35.5. The summed E-state index contributed by atoms with van der Waals surface area (Å²) in [6.07, 6.45) is 1.77. The maximum atomic E-state index is 5.97. The highest BCUT2D eigenvalue weighted by Crippen LogP contribution is 2.20. The van der Waals surface area contributed by atoms with Crippen LogP contribution < -0.4 is 5.73 Å². The molecule has 0 radical (unpaired) electrons. The molecule has 0 bridgehead atoms. The Kier molecular flexibility index (Phi) is 3.17. The molecule has 2 N–H and O–H groups in total. The summed E-state index contributed by atoms with van der Waals surface area (Å²) in [5.41, 5.74) is 7.98. The monoisotopic (exact) mass is 237 g/mol. The van der Waals surface area contributed by atoms with Crippen LogP contribution in [-0.4, -0.2) is 15.6 Å². The summed E-state index contributed by atoms with van der Waals surface area (Å²) >= 11 is 5.97. The highest BCUT2D eigenvalue weighted by Gasteiger charge is 2.10. The highest BCUT2D eigenvalue weighted by molar-refractivity contribution is 6.31. The van der Waals surface area contributed by atoms with Gasteiger partial charge in [-0.25, -0.2) is 4.98 Å². The van der Waals surface area contributed by atoms with Gasteiger partial charge in [0.1, 0.15) is 5.82 Å². The molecule has 2 aromatic rings. The molecule has 1 unspecified atom stereocenters. The molecule has 4 heteroatoms. The van der Waals surface area contributed by atoms with E-state index in [0.717, 1.165) is 34.7 Å². The molecule has 0 saturated heterocycles. The lowest BCUT2D eigenvalue weighted by atomic mass is 10.1. The van der Waals surface area contributed by atoms with Crippen LogP contribution in [0.15, 0.2) is 18.2 Å². The van der Waals surface area contributed by atoms with Crippen LogP contribution in [0.5, 0.6) is 0 Å². The fourth-order valence-electron chi connectivity index (χ4n) is 1.77. The first-order chi connectivity index (χ1) is 7.61. The fraction of sp³-hybridized carbons (Fsp3) is 0.417. The number of fused-ring (bicyclic) bond motifs is 1. The van der Waals surface area contributed by atoms with Crippen molar-refractivity contribution in [3.8, 4) is 0 Å². The molecule has 0 aliphatic heterocycles. The third kappa shape index (κ3) is 2.06. The van der Waals surface area contributed by atoms with Crippen LogP contribution in [0.4, 0.5) is 0 Å². The first kappa shape index (κ1) is 11.4. The van der Waals surface area contributed by atoms with E-state index < -0.39 is 0 Å². The number of halogens is 1. The van der Waals surface area contributed by atoms with Gasteiger partial charge in [-0.1, -0.05) is 18.5 Å². The second-order valence-electron chi connectivity index (χ2n) is 4.09. The van der Waals surface area contributed by atoms with E-state index in [-0.39, 0.29) is 6.04 Å². The molecule has 86 valence electrons. The van der Waals surface area contributed by atoms with Crippen LogP contribution in [0.1, 0.15) is 19.2 Å². The van der Waals surface area contributed by atoms with Gasteiger partial charge in [-0.3, -0.25) is 0 Å². The van der Waals surface area contributed by atoms with Gasteiger partial charge in [0.2, 0.25) is 0 Å². The van der Waals surface area contributed by atoms with E-state index in [1.54, 1.807) is 0 Å². The minimum absolute atomic E-state index is 0.172. The van der Waals surface area contributed by atoms with E-state index in [2.05, 4.69) is 16.5 Å². The summed E-state index contributed by atoms with van der Waals surface area (Å²) in [5.74, 6) is 1.02. The third-order valence-electron chi connectivity index (χ3n) is 2.90. The number of aromatic nitrogens is 2. The summed E-state index contributed by atoms with van der Waals surface area (Å²) in [6.45, 7) is 2.09. The minimum Gasteiger partial charge on any atom is -0.331 e.